The molecule has 96 valence electrons. The number of rotatable bonds is 4. The van der Waals surface area contributed by atoms with E-state index in [0.717, 1.165) is 6.54 Å². The molecule has 6 heteroatoms. The lowest BCUT2D eigenvalue weighted by Crippen LogP contribution is -2.15. The normalized spacial score (nSPS) is 10.9. The fourth-order valence-electron chi connectivity index (χ4n) is 1.74. The highest BCUT2D eigenvalue weighted by Crippen LogP contribution is 2.15. The molecule has 0 aromatic carbocycles. The van der Waals surface area contributed by atoms with Crippen LogP contribution in [0.4, 0.5) is 4.39 Å². The van der Waals surface area contributed by atoms with Crippen molar-refractivity contribution in [2.75, 3.05) is 6.54 Å². The molecular formula is C12H16FN5. The van der Waals surface area contributed by atoms with Gasteiger partial charge in [-0.15, -0.1) is 5.10 Å². The van der Waals surface area contributed by atoms with Crippen LogP contribution < -0.4 is 5.32 Å². The van der Waals surface area contributed by atoms with Crippen LogP contribution in [0.5, 0.6) is 0 Å². The van der Waals surface area contributed by atoms with Gasteiger partial charge in [-0.3, -0.25) is 0 Å². The average molecular weight is 249 g/mol. The van der Waals surface area contributed by atoms with Gasteiger partial charge in [-0.2, -0.15) is 4.68 Å². The molecule has 0 fully saturated rings. The van der Waals surface area contributed by atoms with Crippen LogP contribution >= 0.6 is 0 Å². The summed E-state index contributed by atoms with van der Waals surface area (Å²) in [5.41, 5.74) is 0.578. The molecule has 0 atom stereocenters. The maximum absolute atomic E-state index is 14.3. The van der Waals surface area contributed by atoms with Crippen molar-refractivity contribution in [1.82, 2.24) is 25.1 Å². The van der Waals surface area contributed by atoms with Crippen LogP contribution in [0.1, 0.15) is 24.1 Å². The van der Waals surface area contributed by atoms with Gasteiger partial charge in [0.25, 0.3) is 0 Å². The Morgan fingerprint density at radius 1 is 1.39 bits per heavy atom. The van der Waals surface area contributed by atoms with Gasteiger partial charge in [-0.25, -0.2) is 14.4 Å². The molecule has 18 heavy (non-hydrogen) atoms. The summed E-state index contributed by atoms with van der Waals surface area (Å²) < 4.78 is 15.7. The minimum atomic E-state index is -0.355. The molecular weight excluding hydrogens is 233 g/mol. The number of hydrogen-bond donors (Lipinski definition) is 1. The van der Waals surface area contributed by atoms with Crippen molar-refractivity contribution in [1.29, 1.82) is 0 Å². The summed E-state index contributed by atoms with van der Waals surface area (Å²) in [5.74, 6) is 1.07. The average Bonchev–Trinajstić information content (AvgIpc) is 2.67. The molecule has 0 aliphatic heterocycles. The standard InChI is InChI=1S/C12H16FN5/c1-4-14-7-10-5-6-15-12(11(10)13)18-9(3)16-8(2)17-18/h5-6,14H,4,7H2,1-3H3. The summed E-state index contributed by atoms with van der Waals surface area (Å²) in [5, 5.41) is 7.24. The monoisotopic (exact) mass is 249 g/mol. The molecule has 0 saturated carbocycles. The minimum Gasteiger partial charge on any atom is -0.313 e. The summed E-state index contributed by atoms with van der Waals surface area (Å²) in [6, 6.07) is 1.67. The van der Waals surface area contributed by atoms with Crippen LogP contribution in [0.3, 0.4) is 0 Å². The molecule has 0 spiro atoms. The lowest BCUT2D eigenvalue weighted by molar-refractivity contribution is 0.568. The molecule has 0 aliphatic carbocycles. The Labute approximate surface area is 105 Å². The third-order valence-electron chi connectivity index (χ3n) is 2.59. The van der Waals surface area contributed by atoms with Crippen LogP contribution in [0, 0.1) is 19.7 Å². The second kappa shape index (κ2) is 5.22. The zero-order valence-electron chi connectivity index (χ0n) is 10.7. The van der Waals surface area contributed by atoms with E-state index in [1.807, 2.05) is 6.92 Å². The molecule has 0 aliphatic rings. The molecule has 2 aromatic heterocycles. The van der Waals surface area contributed by atoms with Gasteiger partial charge < -0.3 is 5.32 Å². The Hall–Kier alpha value is -1.82. The molecule has 0 amide bonds. The smallest absolute Gasteiger partial charge is 0.191 e. The maximum atomic E-state index is 14.3. The van der Waals surface area contributed by atoms with Gasteiger partial charge in [0, 0.05) is 18.3 Å². The number of nitrogens with one attached hydrogen (secondary N) is 1. The number of aryl methyl sites for hydroxylation is 2. The summed E-state index contributed by atoms with van der Waals surface area (Å²) in [4.78, 5) is 8.20. The molecule has 2 rings (SSSR count). The minimum absolute atomic E-state index is 0.198. The number of halogens is 1. The van der Waals surface area contributed by atoms with Crippen molar-refractivity contribution in [3.05, 3.63) is 35.3 Å². The topological polar surface area (TPSA) is 55.6 Å². The van der Waals surface area contributed by atoms with Crippen molar-refractivity contribution >= 4 is 0 Å². The Kier molecular flexibility index (Phi) is 3.66. The van der Waals surface area contributed by atoms with Gasteiger partial charge in [0.1, 0.15) is 11.6 Å². The van der Waals surface area contributed by atoms with Crippen LogP contribution in [-0.4, -0.2) is 26.3 Å². The van der Waals surface area contributed by atoms with Crippen molar-refractivity contribution in [2.45, 2.75) is 27.3 Å². The van der Waals surface area contributed by atoms with Gasteiger partial charge in [0.15, 0.2) is 11.6 Å². The number of nitrogens with zero attached hydrogens (tertiary/aromatic N) is 4. The molecule has 2 heterocycles. The Morgan fingerprint density at radius 3 is 2.78 bits per heavy atom. The Bertz CT molecular complexity index is 549. The molecule has 0 saturated heterocycles. The predicted octanol–water partition coefficient (Wildman–Crippen LogP) is 1.53. The number of hydrogen-bond acceptors (Lipinski definition) is 4. The van der Waals surface area contributed by atoms with E-state index in [0.29, 0.717) is 23.8 Å². The van der Waals surface area contributed by atoms with Crippen LogP contribution in [0.15, 0.2) is 12.3 Å². The largest absolute Gasteiger partial charge is 0.313 e. The van der Waals surface area contributed by atoms with E-state index in [1.165, 1.54) is 4.68 Å². The molecule has 1 N–H and O–H groups in total. The molecule has 0 bridgehead atoms. The van der Waals surface area contributed by atoms with Crippen molar-refractivity contribution in [2.24, 2.45) is 0 Å². The van der Waals surface area contributed by atoms with E-state index in [-0.39, 0.29) is 11.6 Å². The van der Waals surface area contributed by atoms with Crippen LogP contribution in [0.2, 0.25) is 0 Å². The van der Waals surface area contributed by atoms with E-state index >= 15 is 0 Å². The molecule has 0 radical (unpaired) electrons. The third kappa shape index (κ3) is 2.38. The van der Waals surface area contributed by atoms with E-state index in [9.17, 15) is 4.39 Å². The van der Waals surface area contributed by atoms with Crippen molar-refractivity contribution in [3.63, 3.8) is 0 Å². The zero-order chi connectivity index (χ0) is 13.1. The summed E-state index contributed by atoms with van der Waals surface area (Å²) in [6.07, 6.45) is 1.58. The quantitative estimate of drug-likeness (QED) is 0.892. The van der Waals surface area contributed by atoms with Gasteiger partial charge >= 0.3 is 0 Å². The second-order valence-electron chi connectivity index (χ2n) is 4.01. The first kappa shape index (κ1) is 12.6. The van der Waals surface area contributed by atoms with Gasteiger partial charge in [-0.1, -0.05) is 6.92 Å². The summed E-state index contributed by atoms with van der Waals surface area (Å²) >= 11 is 0. The van der Waals surface area contributed by atoms with Crippen molar-refractivity contribution in [3.8, 4) is 5.82 Å². The highest BCUT2D eigenvalue weighted by atomic mass is 19.1. The summed E-state index contributed by atoms with van der Waals surface area (Å²) in [7, 11) is 0. The summed E-state index contributed by atoms with van der Waals surface area (Å²) in [6.45, 7) is 6.79. The lowest BCUT2D eigenvalue weighted by Gasteiger charge is -2.08. The molecule has 2 aromatic rings. The second-order valence-corrected chi connectivity index (χ2v) is 4.01. The molecule has 0 unspecified atom stereocenters. The Morgan fingerprint density at radius 2 is 2.17 bits per heavy atom. The third-order valence-corrected chi connectivity index (χ3v) is 2.59. The fraction of sp³-hybridized carbons (Fsp3) is 0.417. The highest BCUT2D eigenvalue weighted by molar-refractivity contribution is 5.30. The first-order valence-electron chi connectivity index (χ1n) is 5.88. The lowest BCUT2D eigenvalue weighted by atomic mass is 10.2. The van der Waals surface area contributed by atoms with Crippen molar-refractivity contribution < 1.29 is 4.39 Å². The molecule has 5 nitrogen and oxygen atoms in total. The predicted molar refractivity (Wildman–Crippen MR) is 66.0 cm³/mol. The van der Waals surface area contributed by atoms with E-state index in [2.05, 4.69) is 20.4 Å². The van der Waals surface area contributed by atoms with E-state index in [1.54, 1.807) is 26.1 Å². The zero-order valence-corrected chi connectivity index (χ0v) is 10.7. The van der Waals surface area contributed by atoms with Gasteiger partial charge in [0.2, 0.25) is 0 Å². The SMILES string of the molecule is CCNCc1ccnc(-n2nc(C)nc2C)c1F. The van der Waals surface area contributed by atoms with E-state index < -0.39 is 0 Å². The number of pyridine rings is 1. The first-order valence-corrected chi connectivity index (χ1v) is 5.88. The van der Waals surface area contributed by atoms with E-state index in [4.69, 9.17) is 0 Å². The highest BCUT2D eigenvalue weighted by Gasteiger charge is 2.14. The van der Waals surface area contributed by atoms with Gasteiger partial charge in [0.05, 0.1) is 0 Å². The number of aromatic nitrogens is 4. The van der Waals surface area contributed by atoms with Crippen LogP contribution in [-0.2, 0) is 6.54 Å². The van der Waals surface area contributed by atoms with Gasteiger partial charge in [-0.05, 0) is 26.5 Å². The maximum Gasteiger partial charge on any atom is 0.191 e. The van der Waals surface area contributed by atoms with Crippen LogP contribution in [0.25, 0.3) is 5.82 Å². The fourth-order valence-corrected chi connectivity index (χ4v) is 1.74. The Balaban J connectivity index is 2.42. The first-order chi connectivity index (χ1) is 8.63.